The van der Waals surface area contributed by atoms with E-state index >= 15 is 0 Å². The number of amides is 1. The number of methoxy groups -OCH3 is 2. The predicted molar refractivity (Wildman–Crippen MR) is 202 cm³/mol. The first kappa shape index (κ1) is 35.1. The van der Waals surface area contributed by atoms with Gasteiger partial charge in [-0.3, -0.25) is 24.4 Å². The third kappa shape index (κ3) is 7.21. The molecule has 1 amide bonds. The first-order chi connectivity index (χ1) is 25.4. The first-order valence-corrected chi connectivity index (χ1v) is 18.3. The van der Waals surface area contributed by atoms with E-state index in [1.807, 2.05) is 34.7 Å². The lowest BCUT2D eigenvalue weighted by molar-refractivity contribution is -0.127. The fourth-order valence-electron chi connectivity index (χ4n) is 7.41. The lowest BCUT2D eigenvalue weighted by atomic mass is 9.98. The van der Waals surface area contributed by atoms with Crippen LogP contribution < -0.4 is 15.0 Å². The van der Waals surface area contributed by atoms with Gasteiger partial charge in [-0.15, -0.1) is 11.3 Å². The molecule has 5 aromatic rings. The molecule has 2 saturated heterocycles. The maximum absolute atomic E-state index is 13.5. The molecule has 52 heavy (non-hydrogen) atoms. The molecule has 5 heterocycles. The summed E-state index contributed by atoms with van der Waals surface area (Å²) >= 11 is 1.41. The Morgan fingerprint density at radius 3 is 2.44 bits per heavy atom. The summed E-state index contributed by atoms with van der Waals surface area (Å²) in [6.07, 6.45) is 10.2. The van der Waals surface area contributed by atoms with Gasteiger partial charge in [-0.25, -0.2) is 4.98 Å². The normalized spacial score (nSPS) is 17.0. The van der Waals surface area contributed by atoms with Crippen molar-refractivity contribution in [3.8, 4) is 28.7 Å². The van der Waals surface area contributed by atoms with E-state index in [0.717, 1.165) is 84.7 Å². The number of piperazine rings is 1. The van der Waals surface area contributed by atoms with Crippen molar-refractivity contribution >= 4 is 34.1 Å². The molecule has 2 aliphatic heterocycles. The van der Waals surface area contributed by atoms with Crippen LogP contribution in [0.2, 0.25) is 0 Å². The Balaban J connectivity index is 1.02. The van der Waals surface area contributed by atoms with Gasteiger partial charge in [-0.2, -0.15) is 5.26 Å². The number of aromatic nitrogens is 3. The third-order valence-electron chi connectivity index (χ3n) is 10.1. The third-order valence-corrected chi connectivity index (χ3v) is 10.8. The maximum Gasteiger partial charge on any atom is 0.265 e. The second kappa shape index (κ2) is 15.5. The van der Waals surface area contributed by atoms with Crippen molar-refractivity contribution in [2.24, 2.45) is 7.05 Å². The number of hydrogen-bond donors (Lipinski definition) is 0. The summed E-state index contributed by atoms with van der Waals surface area (Å²) in [4.78, 5) is 41.4. The molecule has 3 aromatic heterocycles. The lowest BCUT2D eigenvalue weighted by Crippen LogP contribution is -2.45. The smallest absolute Gasteiger partial charge is 0.265 e. The van der Waals surface area contributed by atoms with E-state index < -0.39 is 0 Å². The highest BCUT2D eigenvalue weighted by Crippen LogP contribution is 2.38. The van der Waals surface area contributed by atoms with Crippen molar-refractivity contribution < 1.29 is 14.3 Å². The Morgan fingerprint density at radius 1 is 1.00 bits per heavy atom. The van der Waals surface area contributed by atoms with Gasteiger partial charge in [0.1, 0.15) is 28.1 Å². The minimum absolute atomic E-state index is 0.0572. The number of pyridine rings is 2. The van der Waals surface area contributed by atoms with Crippen molar-refractivity contribution in [3.05, 3.63) is 110 Å². The van der Waals surface area contributed by atoms with Crippen LogP contribution in [-0.4, -0.2) is 82.1 Å². The molecule has 7 rings (SSSR count). The number of rotatable bonds is 10. The zero-order chi connectivity index (χ0) is 36.2. The number of nitriles is 1. The molecule has 12 heteroatoms. The van der Waals surface area contributed by atoms with Crippen LogP contribution in [0.5, 0.6) is 11.5 Å². The molecule has 266 valence electrons. The van der Waals surface area contributed by atoms with Crippen LogP contribution in [0.25, 0.3) is 28.0 Å². The monoisotopic (exact) mass is 715 g/mol. The zero-order valence-electron chi connectivity index (χ0n) is 29.6. The molecule has 0 aliphatic carbocycles. The molecule has 0 saturated carbocycles. The molecule has 2 fully saturated rings. The summed E-state index contributed by atoms with van der Waals surface area (Å²) in [5, 5.41) is 13.7. The summed E-state index contributed by atoms with van der Waals surface area (Å²) in [5.74, 6) is 1.25. The molecule has 2 aliphatic rings. The minimum atomic E-state index is -0.234. The Kier molecular flexibility index (Phi) is 10.4. The predicted octanol–water partition coefficient (Wildman–Crippen LogP) is 5.66. The van der Waals surface area contributed by atoms with Crippen LogP contribution in [0.1, 0.15) is 40.6 Å². The molecule has 0 spiro atoms. The topological polar surface area (TPSA) is 117 Å². The number of aryl methyl sites for hydroxylation is 1. The number of thiazole rings is 1. The Morgan fingerprint density at radius 2 is 1.75 bits per heavy atom. The highest BCUT2D eigenvalue weighted by atomic mass is 32.1. The molecule has 2 aromatic carbocycles. The average Bonchev–Trinajstić information content (AvgIpc) is 3.89. The Hall–Kier alpha value is -5.35. The van der Waals surface area contributed by atoms with Crippen molar-refractivity contribution in [2.75, 3.05) is 46.9 Å². The van der Waals surface area contributed by atoms with Crippen molar-refractivity contribution in [1.82, 2.24) is 29.2 Å². The van der Waals surface area contributed by atoms with Crippen molar-refractivity contribution in [2.45, 2.75) is 32.0 Å². The van der Waals surface area contributed by atoms with Crippen molar-refractivity contribution in [1.29, 1.82) is 5.26 Å². The minimum Gasteiger partial charge on any atom is -0.496 e. The van der Waals surface area contributed by atoms with E-state index in [4.69, 9.17) is 9.47 Å². The largest absolute Gasteiger partial charge is 0.496 e. The SMILES string of the molecule is COc1cc(-c2cn(C)c(=O)c3cnccc23)cc(OC)c1CN1CCN(Cc2cccc(C3CCCN3C(=O)C(C#N)=Cc3nccs3)c2)CC1. The molecule has 0 N–H and O–H groups in total. The van der Waals surface area contributed by atoms with Crippen LogP contribution in [-0.2, 0) is 24.9 Å². The average molecular weight is 716 g/mol. The quantitative estimate of drug-likeness (QED) is 0.133. The van der Waals surface area contributed by atoms with E-state index in [1.54, 1.807) is 50.5 Å². The van der Waals surface area contributed by atoms with Crippen molar-refractivity contribution in [3.63, 3.8) is 0 Å². The van der Waals surface area contributed by atoms with E-state index in [0.29, 0.717) is 23.5 Å². The van der Waals surface area contributed by atoms with E-state index in [-0.39, 0.29) is 23.1 Å². The van der Waals surface area contributed by atoms with E-state index in [9.17, 15) is 14.9 Å². The fraction of sp³-hybridized carbons (Fsp3) is 0.325. The number of carbonyl (C=O) groups excluding carboxylic acids is 1. The van der Waals surface area contributed by atoms with Gasteiger partial charge in [0.2, 0.25) is 0 Å². The van der Waals surface area contributed by atoms with Crippen LogP contribution in [0.4, 0.5) is 0 Å². The van der Waals surface area contributed by atoms with Crippen LogP contribution >= 0.6 is 11.3 Å². The molecule has 11 nitrogen and oxygen atoms in total. The summed E-state index contributed by atoms with van der Waals surface area (Å²) in [7, 11) is 5.11. The second-order valence-corrected chi connectivity index (χ2v) is 14.2. The molecular formula is C40H41N7O4S. The van der Waals surface area contributed by atoms with Gasteiger partial charge in [-0.05, 0) is 59.2 Å². The van der Waals surface area contributed by atoms with E-state index in [1.165, 1.54) is 16.9 Å². The lowest BCUT2D eigenvalue weighted by Gasteiger charge is -2.35. The summed E-state index contributed by atoms with van der Waals surface area (Å²) in [5.41, 5.74) is 5.15. The fourth-order valence-corrected chi connectivity index (χ4v) is 7.97. The summed E-state index contributed by atoms with van der Waals surface area (Å²) in [6, 6.07) is 16.5. The maximum atomic E-state index is 13.5. The second-order valence-electron chi connectivity index (χ2n) is 13.2. The number of carbonyl (C=O) groups is 1. The van der Waals surface area contributed by atoms with Crippen LogP contribution in [0, 0.1) is 11.3 Å². The molecule has 1 atom stereocenters. The summed E-state index contributed by atoms with van der Waals surface area (Å²) in [6.45, 7) is 5.73. The highest BCUT2D eigenvalue weighted by molar-refractivity contribution is 7.10. The van der Waals surface area contributed by atoms with Gasteiger partial charge in [0.15, 0.2) is 0 Å². The number of likely N-dealkylation sites (tertiary alicyclic amines) is 1. The van der Waals surface area contributed by atoms with Gasteiger partial charge >= 0.3 is 0 Å². The number of nitrogens with zero attached hydrogens (tertiary/aromatic N) is 7. The molecule has 1 unspecified atom stereocenters. The van der Waals surface area contributed by atoms with Gasteiger partial charge < -0.3 is 18.9 Å². The number of hydrogen-bond acceptors (Lipinski definition) is 10. The Labute approximate surface area is 307 Å². The van der Waals surface area contributed by atoms with Crippen LogP contribution in [0.15, 0.2) is 83.0 Å². The van der Waals surface area contributed by atoms with Crippen LogP contribution in [0.3, 0.4) is 0 Å². The van der Waals surface area contributed by atoms with Gasteiger partial charge in [-0.1, -0.05) is 24.3 Å². The number of fused-ring (bicyclic) bond motifs is 1. The number of benzene rings is 2. The van der Waals surface area contributed by atoms with Gasteiger partial charge in [0, 0.05) is 88.6 Å². The highest BCUT2D eigenvalue weighted by Gasteiger charge is 2.32. The number of ether oxygens (including phenoxy) is 2. The molecule has 0 radical (unpaired) electrons. The van der Waals surface area contributed by atoms with Gasteiger partial charge in [0.05, 0.1) is 31.2 Å². The molecule has 0 bridgehead atoms. The van der Waals surface area contributed by atoms with Gasteiger partial charge in [0.25, 0.3) is 11.5 Å². The Bertz CT molecular complexity index is 2190. The summed E-state index contributed by atoms with van der Waals surface area (Å²) < 4.78 is 13.4. The zero-order valence-corrected chi connectivity index (χ0v) is 30.4. The van der Waals surface area contributed by atoms with E-state index in [2.05, 4.69) is 50.1 Å². The molecular weight excluding hydrogens is 675 g/mol. The first-order valence-electron chi connectivity index (χ1n) is 17.4. The standard InChI is InChI=1S/C40H41N7O4S/c1-44-25-33(31-9-10-42-23-32(31)40(44)49)29-19-36(50-2)34(37(20-29)51-3)26-46-15-13-45(14-16-46)24-27-6-4-7-28(18-27)35-8-5-12-47(35)39(48)30(22-41)21-38-43-11-17-52-38/h4,6-7,9-11,17-21,23,25,35H,5,8,12-16,24,26H2,1-3H3.